The largest absolute Gasteiger partial charge is 0.506 e. The van der Waals surface area contributed by atoms with E-state index < -0.39 is 18.0 Å². The van der Waals surface area contributed by atoms with Crippen LogP contribution in [-0.4, -0.2) is 74.6 Å². The van der Waals surface area contributed by atoms with E-state index >= 15 is 0 Å². The number of H-pyrrole nitrogens is 1. The number of amides is 1. The van der Waals surface area contributed by atoms with Crippen LogP contribution in [0.3, 0.4) is 0 Å². The summed E-state index contributed by atoms with van der Waals surface area (Å²) in [5.41, 5.74) is 6.34. The highest BCUT2D eigenvalue weighted by Gasteiger charge is 2.41. The molecule has 57 heavy (non-hydrogen) atoms. The van der Waals surface area contributed by atoms with Gasteiger partial charge < -0.3 is 34.9 Å². The summed E-state index contributed by atoms with van der Waals surface area (Å²) in [6, 6.07) is 27.8. The molecule has 0 aliphatic carbocycles. The summed E-state index contributed by atoms with van der Waals surface area (Å²) >= 11 is 0. The molecule has 12 nitrogen and oxygen atoms in total. The third kappa shape index (κ3) is 8.48. The zero-order chi connectivity index (χ0) is 38.1. The van der Waals surface area contributed by atoms with Crippen LogP contribution in [0.1, 0.15) is 42.1 Å². The van der Waals surface area contributed by atoms with Gasteiger partial charge in [0.1, 0.15) is 5.75 Å². The summed E-state index contributed by atoms with van der Waals surface area (Å²) < 4.78 is 7.31. The topological polar surface area (TPSA) is 164 Å². The second-order valence-corrected chi connectivity index (χ2v) is 14.8. The first-order valence-corrected chi connectivity index (χ1v) is 19.0. The number of phenolic OH excluding ortho intramolecular Hbond substituents is 1. The first-order valence-electron chi connectivity index (χ1n) is 19.0. The highest BCUT2D eigenvalue weighted by Crippen LogP contribution is 2.39. The van der Waals surface area contributed by atoms with Gasteiger partial charge in [-0.05, 0) is 110 Å². The van der Waals surface area contributed by atoms with Crippen LogP contribution in [0.15, 0.2) is 105 Å². The van der Waals surface area contributed by atoms with Gasteiger partial charge in [-0.15, -0.1) is 0 Å². The first kappa shape index (κ1) is 40.8. The fourth-order valence-corrected chi connectivity index (χ4v) is 8.49. The van der Waals surface area contributed by atoms with E-state index in [1.54, 1.807) is 21.6 Å². The van der Waals surface area contributed by atoms with Crippen LogP contribution < -0.4 is 21.5 Å². The van der Waals surface area contributed by atoms with E-state index in [9.17, 15) is 29.7 Å². The average molecular weight is 784 g/mol. The second-order valence-electron chi connectivity index (χ2n) is 14.8. The molecule has 2 bridgehead atoms. The van der Waals surface area contributed by atoms with Crippen molar-refractivity contribution in [3.8, 4) is 16.9 Å². The van der Waals surface area contributed by atoms with Gasteiger partial charge in [-0.2, -0.15) is 0 Å². The van der Waals surface area contributed by atoms with Gasteiger partial charge in [-0.25, -0.2) is 9.59 Å². The van der Waals surface area contributed by atoms with Gasteiger partial charge in [0.2, 0.25) is 5.56 Å². The van der Waals surface area contributed by atoms with E-state index in [0.717, 1.165) is 54.7 Å². The molecule has 0 radical (unpaired) electrons. The van der Waals surface area contributed by atoms with Crippen LogP contribution in [0.4, 0.5) is 19.9 Å². The molecule has 0 saturated carbocycles. The number of carboxylic acid groups (broad SMARTS) is 1. The number of carbonyl (C=O) groups is 1. The lowest BCUT2D eigenvalue weighted by molar-refractivity contribution is 0.0837. The predicted octanol–water partition coefficient (Wildman–Crippen LogP) is 6.19. The lowest BCUT2D eigenvalue weighted by Crippen LogP contribution is -2.59. The molecule has 3 saturated heterocycles. The van der Waals surface area contributed by atoms with E-state index in [0.29, 0.717) is 71.5 Å². The van der Waals surface area contributed by atoms with E-state index in [1.165, 1.54) is 12.1 Å². The van der Waals surface area contributed by atoms with E-state index in [4.69, 9.17) is 4.42 Å². The number of hydrogen-bond donors (Lipinski definition) is 5. The van der Waals surface area contributed by atoms with Crippen LogP contribution in [0, 0.1) is 5.92 Å². The number of benzene rings is 4. The van der Waals surface area contributed by atoms with Crippen molar-refractivity contribution in [2.45, 2.75) is 50.8 Å². The van der Waals surface area contributed by atoms with Crippen molar-refractivity contribution in [3.05, 3.63) is 129 Å². The van der Waals surface area contributed by atoms with Crippen LogP contribution >= 0.6 is 0 Å². The number of aliphatic hydroxyl groups excluding tert-OH is 1. The van der Waals surface area contributed by atoms with Gasteiger partial charge in [-0.1, -0.05) is 54.6 Å². The number of pyridine rings is 1. The molecule has 2 aromatic heterocycles. The minimum atomic E-state index is -0.931. The number of hydrogen-bond acceptors (Lipinski definition) is 8. The van der Waals surface area contributed by atoms with Crippen molar-refractivity contribution in [1.82, 2.24) is 19.8 Å². The molecule has 4 aromatic carbocycles. The first-order chi connectivity index (χ1) is 26.7. The number of oxazole rings is 1. The van der Waals surface area contributed by atoms with Crippen molar-refractivity contribution < 1.29 is 33.9 Å². The maximum Gasteiger partial charge on any atom is 0.419 e. The molecule has 5 heterocycles. The summed E-state index contributed by atoms with van der Waals surface area (Å²) in [5.74, 6) is -0.138. The quantitative estimate of drug-likeness (QED) is 0.0860. The Bertz CT molecular complexity index is 2460. The number of halogens is 2. The molecule has 1 amide bonds. The molecule has 300 valence electrons. The molecular formula is C43H47F2N5O7. The predicted molar refractivity (Wildman–Crippen MR) is 217 cm³/mol. The van der Waals surface area contributed by atoms with E-state index in [-0.39, 0.29) is 33.3 Å². The standard InChI is InChI=1S/C43H45N5O7.2FH/c49-37-14-11-32(33-12-15-40(51)45-41(33)37)38(50)25-44-19-16-28-9-13-34-39(24-28)55-43(54)47(34)20-4-5-27-8-10-31(29-6-2-1-3-7-29)35(23-27)48(42(52)53)36-26-46-21-17-30(36)18-22-46;;/h1-3,6-15,23-24,30,36,38,44,49-50H,4-5,16-22,25-26H2,(H,45,51)(H,52,53);2*1H/t36-,38-;;/m0../s1. The summed E-state index contributed by atoms with van der Waals surface area (Å²) in [7, 11) is 0. The Hall–Kier alpha value is -5.83. The number of fused-ring (bicyclic) bond motifs is 5. The number of nitrogens with zero attached hydrogens (tertiary/aromatic N) is 3. The van der Waals surface area contributed by atoms with Crippen molar-refractivity contribution >= 4 is 33.8 Å². The van der Waals surface area contributed by atoms with Gasteiger partial charge in [0.05, 0.1) is 28.9 Å². The minimum absolute atomic E-state index is 0. The third-order valence-corrected chi connectivity index (χ3v) is 11.3. The molecular weight excluding hydrogens is 736 g/mol. The lowest BCUT2D eigenvalue weighted by atomic mass is 9.82. The molecule has 2 atom stereocenters. The van der Waals surface area contributed by atoms with Gasteiger partial charge in [-0.3, -0.25) is 23.7 Å². The van der Waals surface area contributed by atoms with E-state index in [1.807, 2.05) is 60.7 Å². The number of rotatable bonds is 13. The summed E-state index contributed by atoms with van der Waals surface area (Å²) in [6.45, 7) is 4.07. The fraction of sp³-hybridized carbons (Fsp3) is 0.326. The van der Waals surface area contributed by atoms with Gasteiger partial charge in [0.25, 0.3) is 0 Å². The smallest absolute Gasteiger partial charge is 0.419 e. The summed E-state index contributed by atoms with van der Waals surface area (Å²) in [4.78, 5) is 44.3. The van der Waals surface area contributed by atoms with Gasteiger partial charge in [0, 0.05) is 36.7 Å². The number of aliphatic hydroxyl groups is 1. The average Bonchev–Trinajstić information content (AvgIpc) is 3.51. The number of aromatic amines is 1. The Morgan fingerprint density at radius 3 is 2.42 bits per heavy atom. The van der Waals surface area contributed by atoms with Crippen LogP contribution in [0.2, 0.25) is 0 Å². The lowest BCUT2D eigenvalue weighted by Gasteiger charge is -2.48. The SMILES string of the molecule is F.F.O=C(O)N(c1cc(CCCn2c(=O)oc3cc(CCNC[C@H](O)c4ccc(O)c5[nH]c(=O)ccc45)ccc32)ccc1-c1ccccc1)[C@H]1CN2CCC1CC2. The van der Waals surface area contributed by atoms with Crippen LogP contribution in [-0.2, 0) is 19.4 Å². The number of nitrogens with one attached hydrogen (secondary N) is 2. The Morgan fingerprint density at radius 2 is 1.68 bits per heavy atom. The molecule has 14 heteroatoms. The monoisotopic (exact) mass is 783 g/mol. The van der Waals surface area contributed by atoms with Crippen LogP contribution in [0.25, 0.3) is 33.1 Å². The molecule has 3 aliphatic rings. The molecule has 3 fully saturated rings. The fourth-order valence-electron chi connectivity index (χ4n) is 8.49. The number of phenols is 1. The van der Waals surface area contributed by atoms with Crippen LogP contribution in [0.5, 0.6) is 5.75 Å². The zero-order valence-electron chi connectivity index (χ0n) is 31.3. The minimum Gasteiger partial charge on any atom is -0.506 e. The molecule has 6 aromatic rings. The number of aryl methyl sites for hydroxylation is 2. The van der Waals surface area contributed by atoms with Crippen molar-refractivity contribution in [3.63, 3.8) is 0 Å². The Morgan fingerprint density at radius 1 is 0.930 bits per heavy atom. The number of anilines is 1. The molecule has 0 spiro atoms. The van der Waals surface area contributed by atoms with Crippen molar-refractivity contribution in [1.29, 1.82) is 0 Å². The van der Waals surface area contributed by atoms with E-state index in [2.05, 4.69) is 21.3 Å². The highest BCUT2D eigenvalue weighted by atomic mass is 19.0. The van der Waals surface area contributed by atoms with Crippen molar-refractivity contribution in [2.24, 2.45) is 5.92 Å². The second kappa shape index (κ2) is 17.5. The maximum absolute atomic E-state index is 13.0. The molecule has 3 aliphatic heterocycles. The van der Waals surface area contributed by atoms with Gasteiger partial charge in [0.15, 0.2) is 5.58 Å². The molecule has 0 unspecified atom stereocenters. The number of aromatic hydroxyl groups is 1. The summed E-state index contributed by atoms with van der Waals surface area (Å²) in [5, 5.41) is 35.5. The third-order valence-electron chi connectivity index (χ3n) is 11.3. The summed E-state index contributed by atoms with van der Waals surface area (Å²) in [6.07, 6.45) is 2.17. The van der Waals surface area contributed by atoms with Crippen molar-refractivity contribution in [2.75, 3.05) is 37.6 Å². The Labute approximate surface area is 326 Å². The van der Waals surface area contributed by atoms with Gasteiger partial charge >= 0.3 is 11.8 Å². The highest BCUT2D eigenvalue weighted by molar-refractivity contribution is 5.94. The zero-order valence-corrected chi connectivity index (χ0v) is 31.3. The molecule has 5 N–H and O–H groups in total. The normalized spacial score (nSPS) is 17.9. The number of piperidine rings is 3. The Kier molecular flexibility index (Phi) is 12.6. The number of aromatic nitrogens is 2. The molecule has 9 rings (SSSR count). The maximum atomic E-state index is 13.0. The Balaban J connectivity index is 0.00000275.